The van der Waals surface area contributed by atoms with E-state index in [9.17, 15) is 0 Å². The maximum absolute atomic E-state index is 7.47. The van der Waals surface area contributed by atoms with Crippen molar-refractivity contribution in [1.29, 1.82) is 5.41 Å². The molecule has 4 heteroatoms. The van der Waals surface area contributed by atoms with Crippen molar-refractivity contribution in [2.45, 2.75) is 26.4 Å². The van der Waals surface area contributed by atoms with Gasteiger partial charge in [-0.1, -0.05) is 48.0 Å². The number of nitrogens with one attached hydrogen (secondary N) is 1. The monoisotopic (exact) mass is 346 g/mol. The first-order valence-electron chi connectivity index (χ1n) is 6.83. The molecule has 2 rings (SSSR count). The maximum atomic E-state index is 7.47. The van der Waals surface area contributed by atoms with Crippen LogP contribution in [0.2, 0.25) is 0 Å². The Morgan fingerprint density at radius 3 is 2.67 bits per heavy atom. The third-order valence-corrected chi connectivity index (χ3v) is 3.72. The lowest BCUT2D eigenvalue weighted by Crippen LogP contribution is -2.11. The van der Waals surface area contributed by atoms with Gasteiger partial charge >= 0.3 is 0 Å². The van der Waals surface area contributed by atoms with E-state index in [0.29, 0.717) is 12.5 Å². The first-order valence-corrected chi connectivity index (χ1v) is 7.62. The number of benzene rings is 2. The van der Waals surface area contributed by atoms with Gasteiger partial charge in [0.15, 0.2) is 0 Å². The first-order chi connectivity index (χ1) is 9.97. The van der Waals surface area contributed by atoms with E-state index in [0.717, 1.165) is 21.3 Å². The van der Waals surface area contributed by atoms with Gasteiger partial charge in [-0.25, -0.2) is 0 Å². The Labute approximate surface area is 133 Å². The van der Waals surface area contributed by atoms with Crippen LogP contribution in [0.1, 0.15) is 36.5 Å². The molecule has 0 fully saturated rings. The highest BCUT2D eigenvalue weighted by molar-refractivity contribution is 9.10. The number of ether oxygens (including phenoxy) is 1. The van der Waals surface area contributed by atoms with Gasteiger partial charge in [0, 0.05) is 10.0 Å². The van der Waals surface area contributed by atoms with Gasteiger partial charge in [-0.15, -0.1) is 0 Å². The zero-order valence-corrected chi connectivity index (χ0v) is 13.8. The average molecular weight is 347 g/mol. The third kappa shape index (κ3) is 4.08. The lowest BCUT2D eigenvalue weighted by Gasteiger charge is -2.15. The fourth-order valence-electron chi connectivity index (χ4n) is 2.09. The standard InChI is InChI=1S/C17H19BrN2O/c1-11(2)15-9-14(18)6-7-16(15)21-10-12-4-3-5-13(8-12)17(19)20/h3-9,11H,10H2,1-2H3,(H3,19,20). The number of halogens is 1. The van der Waals surface area contributed by atoms with Gasteiger partial charge < -0.3 is 10.5 Å². The van der Waals surface area contributed by atoms with Crippen LogP contribution in [0.15, 0.2) is 46.9 Å². The zero-order valence-electron chi connectivity index (χ0n) is 12.2. The molecule has 110 valence electrons. The summed E-state index contributed by atoms with van der Waals surface area (Å²) in [7, 11) is 0. The van der Waals surface area contributed by atoms with Crippen molar-refractivity contribution < 1.29 is 4.74 Å². The molecular formula is C17H19BrN2O. The highest BCUT2D eigenvalue weighted by Gasteiger charge is 2.09. The van der Waals surface area contributed by atoms with Crippen LogP contribution in [0.3, 0.4) is 0 Å². The largest absolute Gasteiger partial charge is 0.489 e. The second-order valence-electron chi connectivity index (χ2n) is 5.24. The number of amidine groups is 1. The van der Waals surface area contributed by atoms with Crippen molar-refractivity contribution in [1.82, 2.24) is 0 Å². The number of nitrogens with two attached hydrogens (primary N) is 1. The first kappa shape index (κ1) is 15.6. The van der Waals surface area contributed by atoms with E-state index in [1.54, 1.807) is 0 Å². The molecule has 0 saturated carbocycles. The molecular weight excluding hydrogens is 328 g/mol. The van der Waals surface area contributed by atoms with Crippen molar-refractivity contribution in [3.05, 3.63) is 63.6 Å². The van der Waals surface area contributed by atoms with Crippen molar-refractivity contribution in [2.75, 3.05) is 0 Å². The highest BCUT2D eigenvalue weighted by atomic mass is 79.9. The van der Waals surface area contributed by atoms with Crippen LogP contribution < -0.4 is 10.5 Å². The van der Waals surface area contributed by atoms with Gasteiger partial charge in [-0.3, -0.25) is 5.41 Å². The van der Waals surface area contributed by atoms with Gasteiger partial charge in [0.05, 0.1) is 0 Å². The zero-order chi connectivity index (χ0) is 15.4. The van der Waals surface area contributed by atoms with E-state index in [4.69, 9.17) is 15.9 Å². The predicted molar refractivity (Wildman–Crippen MR) is 90.0 cm³/mol. The highest BCUT2D eigenvalue weighted by Crippen LogP contribution is 2.30. The minimum Gasteiger partial charge on any atom is -0.489 e. The van der Waals surface area contributed by atoms with E-state index < -0.39 is 0 Å². The summed E-state index contributed by atoms with van der Waals surface area (Å²) in [6.07, 6.45) is 0. The smallest absolute Gasteiger partial charge is 0.123 e. The Morgan fingerprint density at radius 1 is 1.24 bits per heavy atom. The Morgan fingerprint density at radius 2 is 2.00 bits per heavy atom. The van der Waals surface area contributed by atoms with Crippen molar-refractivity contribution in [3.63, 3.8) is 0 Å². The van der Waals surface area contributed by atoms with Crippen LogP contribution in [0.5, 0.6) is 5.75 Å². The van der Waals surface area contributed by atoms with E-state index in [1.807, 2.05) is 36.4 Å². The van der Waals surface area contributed by atoms with Crippen LogP contribution in [-0.4, -0.2) is 5.84 Å². The quantitative estimate of drug-likeness (QED) is 0.621. The van der Waals surface area contributed by atoms with Crippen LogP contribution in [-0.2, 0) is 6.61 Å². The molecule has 0 heterocycles. The van der Waals surface area contributed by atoms with Crippen molar-refractivity contribution in [2.24, 2.45) is 5.73 Å². The molecule has 0 bridgehead atoms. The molecule has 21 heavy (non-hydrogen) atoms. The second-order valence-corrected chi connectivity index (χ2v) is 6.16. The Balaban J connectivity index is 2.16. The van der Waals surface area contributed by atoms with Crippen LogP contribution in [0.25, 0.3) is 0 Å². The van der Waals surface area contributed by atoms with Gasteiger partial charge in [0.25, 0.3) is 0 Å². The van der Waals surface area contributed by atoms with Crippen molar-refractivity contribution >= 4 is 21.8 Å². The van der Waals surface area contributed by atoms with Crippen LogP contribution in [0, 0.1) is 5.41 Å². The number of rotatable bonds is 5. The number of hydrogen-bond acceptors (Lipinski definition) is 2. The summed E-state index contributed by atoms with van der Waals surface area (Å²) in [5.74, 6) is 1.35. The second kappa shape index (κ2) is 6.76. The SMILES string of the molecule is CC(C)c1cc(Br)ccc1OCc1cccc(C(=N)N)c1. The topological polar surface area (TPSA) is 59.1 Å². The summed E-state index contributed by atoms with van der Waals surface area (Å²) in [5.41, 5.74) is 8.40. The molecule has 0 saturated heterocycles. The molecule has 0 aliphatic heterocycles. The minimum atomic E-state index is 0.0726. The molecule has 0 aromatic heterocycles. The minimum absolute atomic E-state index is 0.0726. The van der Waals surface area contributed by atoms with Gasteiger partial charge in [0.1, 0.15) is 18.2 Å². The van der Waals surface area contributed by atoms with Gasteiger partial charge in [-0.2, -0.15) is 0 Å². The average Bonchev–Trinajstić information content (AvgIpc) is 2.46. The lowest BCUT2D eigenvalue weighted by atomic mass is 10.0. The summed E-state index contributed by atoms with van der Waals surface area (Å²) in [5, 5.41) is 7.47. The Bertz CT molecular complexity index is 653. The summed E-state index contributed by atoms with van der Waals surface area (Å²) in [4.78, 5) is 0. The molecule has 3 N–H and O–H groups in total. The fourth-order valence-corrected chi connectivity index (χ4v) is 2.47. The predicted octanol–water partition coefficient (Wildman–Crippen LogP) is 4.44. The molecule has 0 unspecified atom stereocenters. The molecule has 0 radical (unpaired) electrons. The number of nitrogen functional groups attached to an aromatic ring is 1. The van der Waals surface area contributed by atoms with Crippen molar-refractivity contribution in [3.8, 4) is 5.75 Å². The fraction of sp³-hybridized carbons (Fsp3) is 0.235. The van der Waals surface area contributed by atoms with E-state index >= 15 is 0 Å². The summed E-state index contributed by atoms with van der Waals surface area (Å²) in [6.45, 7) is 4.75. The molecule has 0 atom stereocenters. The summed E-state index contributed by atoms with van der Waals surface area (Å²) < 4.78 is 6.99. The normalized spacial score (nSPS) is 10.7. The molecule has 0 amide bonds. The Hall–Kier alpha value is -1.81. The molecule has 0 aliphatic carbocycles. The van der Waals surface area contributed by atoms with E-state index in [-0.39, 0.29) is 5.84 Å². The lowest BCUT2D eigenvalue weighted by molar-refractivity contribution is 0.301. The van der Waals surface area contributed by atoms with Crippen LogP contribution >= 0.6 is 15.9 Å². The maximum Gasteiger partial charge on any atom is 0.123 e. The summed E-state index contributed by atoms with van der Waals surface area (Å²) in [6, 6.07) is 13.6. The Kier molecular flexibility index (Phi) is 5.02. The van der Waals surface area contributed by atoms with E-state index in [2.05, 4.69) is 35.8 Å². The van der Waals surface area contributed by atoms with Crippen LogP contribution in [0.4, 0.5) is 0 Å². The van der Waals surface area contributed by atoms with Gasteiger partial charge in [0.2, 0.25) is 0 Å². The molecule has 2 aromatic carbocycles. The molecule has 0 spiro atoms. The van der Waals surface area contributed by atoms with Gasteiger partial charge in [-0.05, 0) is 41.3 Å². The molecule has 3 nitrogen and oxygen atoms in total. The molecule has 2 aromatic rings. The third-order valence-electron chi connectivity index (χ3n) is 3.23. The molecule has 0 aliphatic rings. The summed E-state index contributed by atoms with van der Waals surface area (Å²) >= 11 is 3.49. The number of hydrogen-bond donors (Lipinski definition) is 2. The van der Waals surface area contributed by atoms with E-state index in [1.165, 1.54) is 5.56 Å².